The number of aliphatic hydroxyl groups excluding tert-OH is 1. The molecule has 2 unspecified atom stereocenters. The number of amides is 1. The molecule has 116 valence electrons. The van der Waals surface area contributed by atoms with Crippen molar-refractivity contribution in [1.29, 1.82) is 0 Å². The first-order chi connectivity index (χ1) is 10.6. The molecule has 0 bridgehead atoms. The number of fused-ring (bicyclic) bond motifs is 1. The van der Waals surface area contributed by atoms with Gasteiger partial charge in [-0.3, -0.25) is 4.79 Å². The molecule has 0 fully saturated rings. The lowest BCUT2D eigenvalue weighted by Gasteiger charge is -2.25. The second-order valence-electron chi connectivity index (χ2n) is 5.10. The zero-order chi connectivity index (χ0) is 15.5. The number of hydrogen-bond acceptors (Lipinski definition) is 4. The number of aliphatic hydroxyl groups is 1. The second-order valence-corrected chi connectivity index (χ2v) is 6.85. The lowest BCUT2D eigenvalue weighted by molar-refractivity contribution is -0.134. The van der Waals surface area contributed by atoms with Crippen LogP contribution in [0.5, 0.6) is 0 Å². The first kappa shape index (κ1) is 15.5. The van der Waals surface area contributed by atoms with E-state index in [4.69, 9.17) is 16.3 Å². The molecule has 0 spiro atoms. The maximum atomic E-state index is 12.3. The van der Waals surface area contributed by atoms with Crippen molar-refractivity contribution in [2.45, 2.75) is 18.6 Å². The molecule has 0 aliphatic carbocycles. The lowest BCUT2D eigenvalue weighted by atomic mass is 9.97. The molecule has 1 aliphatic rings. The van der Waals surface area contributed by atoms with Crippen molar-refractivity contribution in [1.82, 2.24) is 5.32 Å². The van der Waals surface area contributed by atoms with Gasteiger partial charge in [0.1, 0.15) is 6.10 Å². The van der Waals surface area contributed by atoms with E-state index in [-0.39, 0.29) is 12.5 Å². The van der Waals surface area contributed by atoms with E-state index in [1.165, 1.54) is 11.3 Å². The fourth-order valence-corrected chi connectivity index (χ4v) is 3.56. The summed E-state index contributed by atoms with van der Waals surface area (Å²) in [5.41, 5.74) is 2.04. The van der Waals surface area contributed by atoms with Gasteiger partial charge >= 0.3 is 0 Å². The van der Waals surface area contributed by atoms with E-state index >= 15 is 0 Å². The van der Waals surface area contributed by atoms with Crippen molar-refractivity contribution >= 4 is 28.8 Å². The zero-order valence-corrected chi connectivity index (χ0v) is 13.4. The topological polar surface area (TPSA) is 58.6 Å². The smallest absolute Gasteiger partial charge is 0.253 e. The lowest BCUT2D eigenvalue weighted by Crippen LogP contribution is -2.36. The Morgan fingerprint density at radius 1 is 1.41 bits per heavy atom. The second kappa shape index (κ2) is 6.79. The van der Waals surface area contributed by atoms with Crippen LogP contribution < -0.4 is 5.32 Å². The highest BCUT2D eigenvalue weighted by Crippen LogP contribution is 2.28. The van der Waals surface area contributed by atoms with Crippen LogP contribution in [0.4, 0.5) is 0 Å². The highest BCUT2D eigenvalue weighted by molar-refractivity contribution is 7.16. The number of thiophene rings is 1. The summed E-state index contributed by atoms with van der Waals surface area (Å²) in [6.45, 7) is 0.663. The molecule has 22 heavy (non-hydrogen) atoms. The van der Waals surface area contributed by atoms with Crippen LogP contribution in [0.2, 0.25) is 4.34 Å². The van der Waals surface area contributed by atoms with E-state index in [9.17, 15) is 9.90 Å². The van der Waals surface area contributed by atoms with Gasteiger partial charge in [-0.1, -0.05) is 35.9 Å². The van der Waals surface area contributed by atoms with Crippen LogP contribution in [0.25, 0.3) is 0 Å². The molecule has 2 heterocycles. The van der Waals surface area contributed by atoms with E-state index in [1.54, 1.807) is 12.1 Å². The third kappa shape index (κ3) is 3.33. The maximum Gasteiger partial charge on any atom is 0.253 e. The van der Waals surface area contributed by atoms with Gasteiger partial charge in [0.05, 0.1) is 10.9 Å². The van der Waals surface area contributed by atoms with E-state index in [1.807, 2.05) is 24.3 Å². The molecule has 2 atom stereocenters. The summed E-state index contributed by atoms with van der Waals surface area (Å²) in [5, 5.41) is 12.8. The Labute approximate surface area is 137 Å². The first-order valence-corrected chi connectivity index (χ1v) is 8.25. The summed E-state index contributed by atoms with van der Waals surface area (Å²) < 4.78 is 6.21. The normalized spacial score (nSPS) is 18.5. The third-order valence-corrected chi connectivity index (χ3v) is 4.96. The molecule has 3 rings (SSSR count). The molecule has 2 N–H and O–H groups in total. The molecular weight excluding hydrogens is 322 g/mol. The summed E-state index contributed by atoms with van der Waals surface area (Å²) in [7, 11) is 0. The van der Waals surface area contributed by atoms with Gasteiger partial charge in [-0.05, 0) is 29.7 Å². The Bertz CT molecular complexity index is 673. The van der Waals surface area contributed by atoms with Gasteiger partial charge < -0.3 is 15.2 Å². The van der Waals surface area contributed by atoms with Gasteiger partial charge in [0, 0.05) is 11.4 Å². The summed E-state index contributed by atoms with van der Waals surface area (Å²) in [4.78, 5) is 13.1. The molecule has 1 aliphatic heterocycles. The van der Waals surface area contributed by atoms with Crippen molar-refractivity contribution in [2.24, 2.45) is 0 Å². The molecule has 6 heteroatoms. The van der Waals surface area contributed by atoms with Crippen LogP contribution in [0.15, 0.2) is 36.4 Å². The van der Waals surface area contributed by atoms with Crippen LogP contribution in [0, 0.1) is 0 Å². The predicted molar refractivity (Wildman–Crippen MR) is 86.1 cm³/mol. The van der Waals surface area contributed by atoms with Crippen LogP contribution in [0.1, 0.15) is 28.2 Å². The van der Waals surface area contributed by atoms with Crippen molar-refractivity contribution in [3.05, 3.63) is 56.7 Å². The number of nitrogens with one attached hydrogen (secondary N) is 1. The van der Waals surface area contributed by atoms with Crippen molar-refractivity contribution in [2.75, 3.05) is 13.2 Å². The standard InChI is InChI=1S/C16H16ClNO3S/c17-14-6-5-13(22-14)12(19)9-18-16(20)15-11-4-2-1-3-10(11)7-8-21-15/h1-6,12,15,19H,7-9H2,(H,18,20). The average Bonchev–Trinajstić information content (AvgIpc) is 2.98. The van der Waals surface area contributed by atoms with E-state index in [0.29, 0.717) is 10.9 Å². The minimum atomic E-state index is -0.764. The number of hydrogen-bond donors (Lipinski definition) is 2. The number of rotatable bonds is 4. The summed E-state index contributed by atoms with van der Waals surface area (Å²) >= 11 is 7.15. The summed E-state index contributed by atoms with van der Waals surface area (Å²) in [5.74, 6) is -0.228. The van der Waals surface area contributed by atoms with E-state index < -0.39 is 12.2 Å². The summed E-state index contributed by atoms with van der Waals surface area (Å²) in [6, 6.07) is 11.3. The van der Waals surface area contributed by atoms with Crippen LogP contribution in [0.3, 0.4) is 0 Å². The third-order valence-electron chi connectivity index (χ3n) is 3.62. The molecular formula is C16H16ClNO3S. The molecule has 0 saturated carbocycles. The fraction of sp³-hybridized carbons (Fsp3) is 0.312. The van der Waals surface area contributed by atoms with Gasteiger partial charge in [-0.25, -0.2) is 0 Å². The SMILES string of the molecule is O=C(NCC(O)c1ccc(Cl)s1)C1OCCc2ccccc21. The predicted octanol–water partition coefficient (Wildman–Crippen LogP) is 2.87. The minimum absolute atomic E-state index is 0.137. The number of halogens is 1. The van der Waals surface area contributed by atoms with Crippen molar-refractivity contribution in [3.63, 3.8) is 0 Å². The van der Waals surface area contributed by atoms with E-state index in [2.05, 4.69) is 5.32 Å². The molecule has 0 radical (unpaired) electrons. The molecule has 4 nitrogen and oxygen atoms in total. The first-order valence-electron chi connectivity index (χ1n) is 7.05. The van der Waals surface area contributed by atoms with Crippen molar-refractivity contribution in [3.8, 4) is 0 Å². The van der Waals surface area contributed by atoms with Crippen LogP contribution >= 0.6 is 22.9 Å². The molecule has 2 aromatic rings. The van der Waals surface area contributed by atoms with Gasteiger partial charge in [-0.15, -0.1) is 11.3 Å². The number of benzene rings is 1. The highest BCUT2D eigenvalue weighted by atomic mass is 35.5. The summed E-state index contributed by atoms with van der Waals surface area (Å²) in [6.07, 6.45) is -0.555. The number of carbonyl (C=O) groups is 1. The molecule has 1 aromatic heterocycles. The molecule has 1 aromatic carbocycles. The van der Waals surface area contributed by atoms with Crippen LogP contribution in [-0.2, 0) is 16.0 Å². The van der Waals surface area contributed by atoms with Gasteiger partial charge in [0.2, 0.25) is 0 Å². The fourth-order valence-electron chi connectivity index (χ4n) is 2.51. The van der Waals surface area contributed by atoms with Gasteiger partial charge in [0.15, 0.2) is 6.10 Å². The number of carbonyl (C=O) groups excluding carboxylic acids is 1. The largest absolute Gasteiger partial charge is 0.386 e. The highest BCUT2D eigenvalue weighted by Gasteiger charge is 2.27. The minimum Gasteiger partial charge on any atom is -0.386 e. The quantitative estimate of drug-likeness (QED) is 0.902. The Morgan fingerprint density at radius 3 is 3.00 bits per heavy atom. The molecule has 1 amide bonds. The monoisotopic (exact) mass is 337 g/mol. The zero-order valence-electron chi connectivity index (χ0n) is 11.8. The Morgan fingerprint density at radius 2 is 2.23 bits per heavy atom. The van der Waals surface area contributed by atoms with Gasteiger partial charge in [0.25, 0.3) is 5.91 Å². The Kier molecular flexibility index (Phi) is 4.78. The maximum absolute atomic E-state index is 12.3. The average molecular weight is 338 g/mol. The van der Waals surface area contributed by atoms with E-state index in [0.717, 1.165) is 22.4 Å². The molecule has 0 saturated heterocycles. The van der Waals surface area contributed by atoms with Crippen LogP contribution in [-0.4, -0.2) is 24.2 Å². The Hall–Kier alpha value is -1.40. The Balaban J connectivity index is 1.63. The van der Waals surface area contributed by atoms with Gasteiger partial charge in [-0.2, -0.15) is 0 Å². The van der Waals surface area contributed by atoms with Crippen molar-refractivity contribution < 1.29 is 14.6 Å². The number of ether oxygens (including phenoxy) is 1.